The van der Waals surface area contributed by atoms with Crippen LogP contribution in [0.3, 0.4) is 0 Å². The van der Waals surface area contributed by atoms with Gasteiger partial charge in [0.15, 0.2) is 0 Å². The van der Waals surface area contributed by atoms with Crippen LogP contribution in [0.4, 0.5) is 0 Å². The Balaban J connectivity index is 1.81. The molecule has 1 aromatic heterocycles. The smallest absolute Gasteiger partial charge is 0.326 e. The van der Waals surface area contributed by atoms with Crippen LogP contribution in [0, 0.1) is 6.92 Å². The lowest BCUT2D eigenvalue weighted by Gasteiger charge is -2.21. The van der Waals surface area contributed by atoms with E-state index in [-0.39, 0.29) is 5.91 Å². The molecule has 6 nitrogen and oxygen atoms in total. The van der Waals surface area contributed by atoms with Crippen molar-refractivity contribution in [3.63, 3.8) is 0 Å². The van der Waals surface area contributed by atoms with Crippen molar-refractivity contribution in [3.8, 4) is 0 Å². The highest BCUT2D eigenvalue weighted by Crippen LogP contribution is 2.22. The normalized spacial score (nSPS) is 17.4. The van der Waals surface area contributed by atoms with Crippen LogP contribution in [0.2, 0.25) is 0 Å². The van der Waals surface area contributed by atoms with Gasteiger partial charge in [-0.25, -0.2) is 4.79 Å². The van der Waals surface area contributed by atoms with Crippen LogP contribution in [-0.2, 0) is 11.3 Å². The van der Waals surface area contributed by atoms with Gasteiger partial charge in [-0.15, -0.1) is 0 Å². The summed E-state index contributed by atoms with van der Waals surface area (Å²) in [6, 6.07) is 9.16. The molecule has 0 bridgehead atoms. The van der Waals surface area contributed by atoms with Crippen LogP contribution >= 0.6 is 0 Å². The van der Waals surface area contributed by atoms with Crippen LogP contribution in [0.1, 0.15) is 34.5 Å². The van der Waals surface area contributed by atoms with Crippen molar-refractivity contribution in [2.24, 2.45) is 0 Å². The van der Waals surface area contributed by atoms with E-state index >= 15 is 0 Å². The van der Waals surface area contributed by atoms with Gasteiger partial charge in [0.1, 0.15) is 6.04 Å². The van der Waals surface area contributed by atoms with Gasteiger partial charge in [-0.1, -0.05) is 30.3 Å². The summed E-state index contributed by atoms with van der Waals surface area (Å²) in [4.78, 5) is 25.4. The maximum absolute atomic E-state index is 12.7. The predicted octanol–water partition coefficient (Wildman–Crippen LogP) is 1.93. The molecule has 3 rings (SSSR count). The molecule has 6 heteroatoms. The molecule has 1 saturated heterocycles. The lowest BCUT2D eigenvalue weighted by molar-refractivity contribution is -0.141. The first-order valence-electron chi connectivity index (χ1n) is 7.68. The average Bonchev–Trinajstić information content (AvgIpc) is 3.16. The molecule has 1 fully saturated rings. The summed E-state index contributed by atoms with van der Waals surface area (Å²) in [6.07, 6.45) is 2.77. The number of aliphatic carboxylic acids is 1. The monoisotopic (exact) mass is 313 g/mol. The average molecular weight is 313 g/mol. The van der Waals surface area contributed by atoms with Gasteiger partial charge >= 0.3 is 5.97 Å². The number of amides is 1. The third kappa shape index (κ3) is 2.97. The lowest BCUT2D eigenvalue weighted by Crippen LogP contribution is -2.40. The molecule has 1 N–H and O–H groups in total. The molecular formula is C17H19N3O3. The summed E-state index contributed by atoms with van der Waals surface area (Å²) in [5, 5.41) is 13.5. The highest BCUT2D eigenvalue weighted by molar-refractivity contribution is 5.97. The molecule has 0 spiro atoms. The van der Waals surface area contributed by atoms with E-state index in [4.69, 9.17) is 0 Å². The van der Waals surface area contributed by atoms with E-state index in [1.165, 1.54) is 11.1 Å². The molecule has 23 heavy (non-hydrogen) atoms. The Hall–Kier alpha value is -2.63. The maximum Gasteiger partial charge on any atom is 0.326 e. The number of likely N-dealkylation sites (tertiary alicyclic amines) is 1. The number of aromatic nitrogens is 2. The van der Waals surface area contributed by atoms with E-state index < -0.39 is 12.0 Å². The standard InChI is InChI=1S/C17H19N3O3/c1-12-14(16(21)19-9-5-8-15(19)17(22)23)10-18-20(12)11-13-6-3-2-4-7-13/h2-4,6-7,10,15H,5,8-9,11H2,1H3,(H,22,23)/t15-/m0/s1. The fourth-order valence-corrected chi connectivity index (χ4v) is 2.99. The van der Waals surface area contributed by atoms with Gasteiger partial charge in [-0.2, -0.15) is 5.10 Å². The molecule has 1 atom stereocenters. The quantitative estimate of drug-likeness (QED) is 0.936. The first-order chi connectivity index (χ1) is 11.1. The lowest BCUT2D eigenvalue weighted by atomic mass is 10.2. The minimum atomic E-state index is -0.940. The van der Waals surface area contributed by atoms with Crippen molar-refractivity contribution in [3.05, 3.63) is 53.3 Å². The fraction of sp³-hybridized carbons (Fsp3) is 0.353. The molecular weight excluding hydrogens is 294 g/mol. The first kappa shape index (κ1) is 15.3. The van der Waals surface area contributed by atoms with Crippen molar-refractivity contribution in [1.29, 1.82) is 0 Å². The highest BCUT2D eigenvalue weighted by Gasteiger charge is 2.35. The Morgan fingerprint density at radius 1 is 1.30 bits per heavy atom. The molecule has 2 aromatic rings. The van der Waals surface area contributed by atoms with Gasteiger partial charge in [0, 0.05) is 12.2 Å². The second kappa shape index (κ2) is 6.24. The number of carboxylic acid groups (broad SMARTS) is 1. The van der Waals surface area contributed by atoms with Crippen molar-refractivity contribution < 1.29 is 14.7 Å². The SMILES string of the molecule is Cc1c(C(=O)N2CCC[C@H]2C(=O)O)cnn1Cc1ccccc1. The molecule has 0 saturated carbocycles. The summed E-state index contributed by atoms with van der Waals surface area (Å²) in [5.74, 6) is -1.18. The largest absolute Gasteiger partial charge is 0.480 e. The number of benzene rings is 1. The molecule has 0 unspecified atom stereocenters. The topological polar surface area (TPSA) is 75.4 Å². The Labute approximate surface area is 134 Å². The van der Waals surface area contributed by atoms with Crippen LogP contribution < -0.4 is 0 Å². The zero-order valence-electron chi connectivity index (χ0n) is 13.0. The van der Waals surface area contributed by atoms with Gasteiger partial charge in [0.25, 0.3) is 5.91 Å². The number of rotatable bonds is 4. The number of carboxylic acids is 1. The summed E-state index contributed by atoms with van der Waals surface area (Å²) < 4.78 is 1.77. The minimum Gasteiger partial charge on any atom is -0.480 e. The number of hydrogen-bond donors (Lipinski definition) is 1. The second-order valence-corrected chi connectivity index (χ2v) is 5.78. The predicted molar refractivity (Wildman–Crippen MR) is 84.2 cm³/mol. The molecule has 1 aliphatic heterocycles. The second-order valence-electron chi connectivity index (χ2n) is 5.78. The van der Waals surface area contributed by atoms with Crippen LogP contribution in [0.5, 0.6) is 0 Å². The number of nitrogens with zero attached hydrogens (tertiary/aromatic N) is 3. The first-order valence-corrected chi connectivity index (χ1v) is 7.68. The van der Waals surface area contributed by atoms with E-state index in [1.807, 2.05) is 37.3 Å². The third-order valence-electron chi connectivity index (χ3n) is 4.31. The van der Waals surface area contributed by atoms with Crippen LogP contribution in [0.25, 0.3) is 0 Å². The minimum absolute atomic E-state index is 0.244. The summed E-state index contributed by atoms with van der Waals surface area (Å²) >= 11 is 0. The number of carbonyl (C=O) groups is 2. The Morgan fingerprint density at radius 2 is 2.04 bits per heavy atom. The highest BCUT2D eigenvalue weighted by atomic mass is 16.4. The maximum atomic E-state index is 12.7. The van der Waals surface area contributed by atoms with Gasteiger partial charge in [-0.05, 0) is 25.3 Å². The molecule has 1 aromatic carbocycles. The zero-order valence-corrected chi connectivity index (χ0v) is 13.0. The summed E-state index contributed by atoms with van der Waals surface area (Å²) in [7, 11) is 0. The van der Waals surface area contributed by atoms with E-state index in [0.29, 0.717) is 25.1 Å². The molecule has 1 aliphatic rings. The van der Waals surface area contributed by atoms with Gasteiger partial charge in [0.05, 0.1) is 18.3 Å². The van der Waals surface area contributed by atoms with Crippen LogP contribution in [-0.4, -0.2) is 44.3 Å². The van der Waals surface area contributed by atoms with Gasteiger partial charge in [-0.3, -0.25) is 9.48 Å². The summed E-state index contributed by atoms with van der Waals surface area (Å²) in [5.41, 5.74) is 2.34. The van der Waals surface area contributed by atoms with Crippen molar-refractivity contribution in [1.82, 2.24) is 14.7 Å². The number of hydrogen-bond acceptors (Lipinski definition) is 3. The fourth-order valence-electron chi connectivity index (χ4n) is 2.99. The molecule has 120 valence electrons. The Kier molecular flexibility index (Phi) is 4.14. The van der Waals surface area contributed by atoms with Crippen molar-refractivity contribution >= 4 is 11.9 Å². The van der Waals surface area contributed by atoms with E-state index in [9.17, 15) is 14.7 Å². The van der Waals surface area contributed by atoms with Crippen molar-refractivity contribution in [2.75, 3.05) is 6.54 Å². The Bertz CT molecular complexity index is 724. The third-order valence-corrected chi connectivity index (χ3v) is 4.31. The van der Waals surface area contributed by atoms with Gasteiger partial charge in [0.2, 0.25) is 0 Å². The Morgan fingerprint density at radius 3 is 2.74 bits per heavy atom. The van der Waals surface area contributed by atoms with E-state index in [2.05, 4.69) is 5.10 Å². The summed E-state index contributed by atoms with van der Waals surface area (Å²) in [6.45, 7) is 2.91. The van der Waals surface area contributed by atoms with Crippen LogP contribution in [0.15, 0.2) is 36.5 Å². The molecule has 2 heterocycles. The molecule has 1 amide bonds. The van der Waals surface area contributed by atoms with E-state index in [1.54, 1.807) is 4.68 Å². The molecule has 0 radical (unpaired) electrons. The zero-order chi connectivity index (χ0) is 16.4. The molecule has 0 aliphatic carbocycles. The van der Waals surface area contributed by atoms with Crippen molar-refractivity contribution in [2.45, 2.75) is 32.4 Å². The number of carbonyl (C=O) groups excluding carboxylic acids is 1. The van der Waals surface area contributed by atoms with Gasteiger partial charge < -0.3 is 10.0 Å². The van der Waals surface area contributed by atoms with E-state index in [0.717, 1.165) is 17.7 Å².